The van der Waals surface area contributed by atoms with Crippen LogP contribution < -0.4 is 5.43 Å². The van der Waals surface area contributed by atoms with E-state index in [1.165, 1.54) is 16.6 Å². The van der Waals surface area contributed by atoms with Gasteiger partial charge >= 0.3 is 6.09 Å². The lowest BCUT2D eigenvalue weighted by Crippen LogP contribution is -2.39. The number of piperidine rings is 1. The summed E-state index contributed by atoms with van der Waals surface area (Å²) in [6.07, 6.45) is 2.34. The highest BCUT2D eigenvalue weighted by atomic mass is 32.2. The fourth-order valence-corrected chi connectivity index (χ4v) is 4.13. The minimum Gasteiger partial charge on any atom is -0.450 e. The van der Waals surface area contributed by atoms with Crippen molar-refractivity contribution >= 4 is 27.6 Å². The highest BCUT2D eigenvalue weighted by Crippen LogP contribution is 2.16. The van der Waals surface area contributed by atoms with E-state index in [4.69, 9.17) is 4.74 Å². The smallest absolute Gasteiger partial charge is 0.409 e. The van der Waals surface area contributed by atoms with Crippen LogP contribution in [0.25, 0.3) is 0 Å². The molecule has 1 aromatic rings. The van der Waals surface area contributed by atoms with Gasteiger partial charge in [-0.1, -0.05) is 13.8 Å². The Balaban J connectivity index is 1.94. The maximum absolute atomic E-state index is 12.4. The molecule has 0 saturated carbocycles. The summed E-state index contributed by atoms with van der Waals surface area (Å²) >= 11 is 0. The maximum atomic E-state index is 12.4. The van der Waals surface area contributed by atoms with Crippen LogP contribution in [-0.2, 0) is 14.8 Å². The van der Waals surface area contributed by atoms with Crippen molar-refractivity contribution in [3.05, 3.63) is 18.3 Å². The number of anilines is 1. The number of rotatable bonds is 7. The zero-order valence-electron chi connectivity index (χ0n) is 16.0. The monoisotopic (exact) mass is 397 g/mol. The summed E-state index contributed by atoms with van der Waals surface area (Å²) in [6.45, 7) is 7.70. The van der Waals surface area contributed by atoms with Gasteiger partial charge in [-0.25, -0.2) is 18.2 Å². The third kappa shape index (κ3) is 5.39. The zero-order valence-corrected chi connectivity index (χ0v) is 16.8. The molecule has 1 saturated heterocycles. The average molecular weight is 398 g/mol. The topological polar surface area (TPSA) is 104 Å². The first-order valence-corrected chi connectivity index (χ1v) is 10.6. The van der Waals surface area contributed by atoms with E-state index < -0.39 is 10.0 Å². The van der Waals surface area contributed by atoms with Gasteiger partial charge in [-0.3, -0.25) is 5.43 Å². The first-order valence-electron chi connectivity index (χ1n) is 9.11. The lowest BCUT2D eigenvalue weighted by atomic mass is 10.1. The van der Waals surface area contributed by atoms with Crippen molar-refractivity contribution in [2.75, 3.05) is 38.2 Å². The van der Waals surface area contributed by atoms with Gasteiger partial charge in [0.2, 0.25) is 10.0 Å². The number of nitrogens with zero attached hydrogens (tertiary/aromatic N) is 4. The number of hydrogen-bond acceptors (Lipinski definition) is 7. The van der Waals surface area contributed by atoms with E-state index in [0.717, 1.165) is 5.71 Å². The molecule has 0 radical (unpaired) electrons. The first-order chi connectivity index (χ1) is 12.9. The van der Waals surface area contributed by atoms with E-state index >= 15 is 0 Å². The number of carbonyl (C=O) groups excluding carboxylic acids is 1. The Kier molecular flexibility index (Phi) is 7.55. The van der Waals surface area contributed by atoms with Crippen LogP contribution in [0.1, 0.15) is 33.6 Å². The van der Waals surface area contributed by atoms with Crippen LogP contribution in [0.2, 0.25) is 0 Å². The predicted octanol–water partition coefficient (Wildman–Crippen LogP) is 2.13. The molecule has 10 heteroatoms. The largest absolute Gasteiger partial charge is 0.450 e. The number of amides is 1. The van der Waals surface area contributed by atoms with Crippen LogP contribution in [0.4, 0.5) is 10.6 Å². The second-order valence-electron chi connectivity index (χ2n) is 5.94. The summed E-state index contributed by atoms with van der Waals surface area (Å²) in [5, 5.41) is 4.32. The Morgan fingerprint density at radius 1 is 1.26 bits per heavy atom. The normalized spacial score (nSPS) is 15.0. The van der Waals surface area contributed by atoms with Crippen LogP contribution >= 0.6 is 0 Å². The summed E-state index contributed by atoms with van der Waals surface area (Å²) in [6, 6.07) is 3.11. The van der Waals surface area contributed by atoms with Crippen LogP contribution in [0.3, 0.4) is 0 Å². The number of sulfonamides is 1. The molecule has 0 aromatic carbocycles. The van der Waals surface area contributed by atoms with E-state index in [0.29, 0.717) is 51.4 Å². The summed E-state index contributed by atoms with van der Waals surface area (Å²) < 4.78 is 31.2. The molecular weight excluding hydrogens is 370 g/mol. The Morgan fingerprint density at radius 2 is 1.93 bits per heavy atom. The van der Waals surface area contributed by atoms with Crippen molar-refractivity contribution in [1.82, 2.24) is 14.2 Å². The van der Waals surface area contributed by atoms with Crippen molar-refractivity contribution in [3.63, 3.8) is 0 Å². The van der Waals surface area contributed by atoms with Gasteiger partial charge in [0.25, 0.3) is 0 Å². The highest BCUT2D eigenvalue weighted by molar-refractivity contribution is 7.89. The van der Waals surface area contributed by atoms with Gasteiger partial charge in [0.15, 0.2) is 0 Å². The second-order valence-corrected chi connectivity index (χ2v) is 7.88. The number of pyridine rings is 1. The second kappa shape index (κ2) is 9.65. The molecule has 1 fully saturated rings. The van der Waals surface area contributed by atoms with Crippen LogP contribution in [0, 0.1) is 0 Å². The van der Waals surface area contributed by atoms with Gasteiger partial charge in [-0.05, 0) is 19.1 Å². The quantitative estimate of drug-likeness (QED) is 0.707. The van der Waals surface area contributed by atoms with Crippen molar-refractivity contribution in [2.24, 2.45) is 5.10 Å². The van der Waals surface area contributed by atoms with E-state index in [9.17, 15) is 13.2 Å². The molecule has 0 aliphatic carbocycles. The standard InChI is InChI=1S/C17H27N5O4S/c1-4-22(5-2)27(24,25)15-7-8-16(18-13-15)20-19-14-9-11-21(12-10-14)17(23)26-6-3/h7-8,13H,4-6,9-12H2,1-3H3,(H,18,20). The van der Waals surface area contributed by atoms with Crippen molar-refractivity contribution in [1.29, 1.82) is 0 Å². The fraction of sp³-hybridized carbons (Fsp3) is 0.588. The molecule has 150 valence electrons. The van der Waals surface area contributed by atoms with Gasteiger partial charge in [0.1, 0.15) is 10.7 Å². The molecule has 0 atom stereocenters. The summed E-state index contributed by atoms with van der Waals surface area (Å²) in [5.41, 5.74) is 3.78. The fourth-order valence-electron chi connectivity index (χ4n) is 2.72. The molecule has 1 aromatic heterocycles. The Labute approximate surface area is 160 Å². The molecule has 2 rings (SSSR count). The minimum absolute atomic E-state index is 0.159. The van der Waals surface area contributed by atoms with Crippen LogP contribution in [-0.4, -0.2) is 67.2 Å². The summed E-state index contributed by atoms with van der Waals surface area (Å²) in [7, 11) is -3.51. The van der Waals surface area contributed by atoms with E-state index in [2.05, 4.69) is 15.5 Å². The number of aromatic nitrogens is 1. The lowest BCUT2D eigenvalue weighted by Gasteiger charge is -2.26. The van der Waals surface area contributed by atoms with Gasteiger partial charge in [-0.2, -0.15) is 9.41 Å². The van der Waals surface area contributed by atoms with Gasteiger partial charge < -0.3 is 9.64 Å². The number of carbonyl (C=O) groups is 1. The van der Waals surface area contributed by atoms with Gasteiger partial charge in [0.05, 0.1) is 6.61 Å². The number of likely N-dealkylation sites (tertiary alicyclic amines) is 1. The summed E-state index contributed by atoms with van der Waals surface area (Å²) in [4.78, 5) is 17.6. The third-order valence-electron chi connectivity index (χ3n) is 4.27. The predicted molar refractivity (Wildman–Crippen MR) is 103 cm³/mol. The number of ether oxygens (including phenoxy) is 1. The third-order valence-corrected chi connectivity index (χ3v) is 6.31. The molecule has 0 bridgehead atoms. The van der Waals surface area contributed by atoms with E-state index in [1.807, 2.05) is 0 Å². The molecule has 1 amide bonds. The lowest BCUT2D eigenvalue weighted by molar-refractivity contribution is 0.107. The minimum atomic E-state index is -3.51. The molecule has 1 aliphatic heterocycles. The highest BCUT2D eigenvalue weighted by Gasteiger charge is 2.22. The van der Waals surface area contributed by atoms with E-state index in [1.54, 1.807) is 31.7 Å². The van der Waals surface area contributed by atoms with Crippen LogP contribution in [0.5, 0.6) is 0 Å². The Morgan fingerprint density at radius 3 is 2.44 bits per heavy atom. The Bertz CT molecular complexity index is 750. The Hall–Kier alpha value is -2.20. The number of hydrogen-bond donors (Lipinski definition) is 1. The van der Waals surface area contributed by atoms with Crippen molar-refractivity contribution in [2.45, 2.75) is 38.5 Å². The number of nitrogens with one attached hydrogen (secondary N) is 1. The zero-order chi connectivity index (χ0) is 19.9. The van der Waals surface area contributed by atoms with E-state index in [-0.39, 0.29) is 11.0 Å². The van der Waals surface area contributed by atoms with Crippen molar-refractivity contribution in [3.8, 4) is 0 Å². The average Bonchev–Trinajstić information content (AvgIpc) is 2.68. The molecule has 9 nitrogen and oxygen atoms in total. The van der Waals surface area contributed by atoms with Gasteiger partial charge in [0, 0.05) is 50.9 Å². The van der Waals surface area contributed by atoms with Crippen molar-refractivity contribution < 1.29 is 17.9 Å². The summed E-state index contributed by atoms with van der Waals surface area (Å²) in [5.74, 6) is 0.466. The molecule has 1 N–H and O–H groups in total. The molecule has 0 spiro atoms. The molecule has 1 aliphatic rings. The molecule has 0 unspecified atom stereocenters. The first kappa shape index (κ1) is 21.1. The molecular formula is C17H27N5O4S. The number of hydrazone groups is 1. The maximum Gasteiger partial charge on any atom is 0.409 e. The SMILES string of the molecule is CCOC(=O)N1CCC(=NNc2ccc(S(=O)(=O)N(CC)CC)cn2)CC1. The van der Waals surface area contributed by atoms with Gasteiger partial charge in [-0.15, -0.1) is 0 Å². The molecule has 27 heavy (non-hydrogen) atoms. The van der Waals surface area contributed by atoms with Crippen LogP contribution in [0.15, 0.2) is 28.3 Å². The molecule has 2 heterocycles.